The number of nitrogens with one attached hydrogen (secondary N) is 1. The van der Waals surface area contributed by atoms with Crippen LogP contribution < -0.4 is 10.2 Å². The van der Waals surface area contributed by atoms with E-state index in [2.05, 4.69) is 41.4 Å². The van der Waals surface area contributed by atoms with Crippen molar-refractivity contribution in [3.05, 3.63) is 65.0 Å². The fourth-order valence-corrected chi connectivity index (χ4v) is 3.04. The number of halogens is 1. The van der Waals surface area contributed by atoms with Gasteiger partial charge in [0.15, 0.2) is 0 Å². The van der Waals surface area contributed by atoms with E-state index >= 15 is 0 Å². The van der Waals surface area contributed by atoms with Gasteiger partial charge in [0.25, 0.3) is 0 Å². The van der Waals surface area contributed by atoms with E-state index in [0.29, 0.717) is 12.1 Å². The van der Waals surface area contributed by atoms with Crippen molar-refractivity contribution in [1.29, 1.82) is 0 Å². The second kappa shape index (κ2) is 8.43. The average Bonchev–Trinajstić information content (AvgIpc) is 2.68. The van der Waals surface area contributed by atoms with Gasteiger partial charge in [-0.05, 0) is 42.3 Å². The van der Waals surface area contributed by atoms with Crippen LogP contribution >= 0.6 is 0 Å². The van der Waals surface area contributed by atoms with Gasteiger partial charge in [-0.1, -0.05) is 18.2 Å². The maximum atomic E-state index is 13.4. The van der Waals surface area contributed by atoms with E-state index in [-0.39, 0.29) is 18.5 Å². The van der Waals surface area contributed by atoms with Crippen molar-refractivity contribution in [1.82, 2.24) is 5.32 Å². The number of benzene rings is 2. The number of aliphatic hydroxyl groups is 1. The van der Waals surface area contributed by atoms with Crippen LogP contribution in [0.25, 0.3) is 0 Å². The summed E-state index contributed by atoms with van der Waals surface area (Å²) in [7, 11) is 0. The zero-order valence-corrected chi connectivity index (χ0v) is 14.5. The van der Waals surface area contributed by atoms with Crippen LogP contribution in [0.1, 0.15) is 29.7 Å². The molecule has 4 nitrogen and oxygen atoms in total. The average molecular weight is 344 g/mol. The highest BCUT2D eigenvalue weighted by Gasteiger charge is 2.12. The van der Waals surface area contributed by atoms with E-state index in [4.69, 9.17) is 9.84 Å². The SMILES string of the molecule is CC(NCc1ccc(F)c(CO)c1)c1ccc(N2CCOCC2)cc1. The molecule has 2 aromatic carbocycles. The van der Waals surface area contributed by atoms with E-state index in [1.54, 1.807) is 12.1 Å². The molecule has 0 saturated carbocycles. The summed E-state index contributed by atoms with van der Waals surface area (Å²) in [6.07, 6.45) is 0. The summed E-state index contributed by atoms with van der Waals surface area (Å²) in [6, 6.07) is 13.6. The van der Waals surface area contributed by atoms with Gasteiger partial charge in [-0.25, -0.2) is 4.39 Å². The molecule has 0 amide bonds. The Morgan fingerprint density at radius 3 is 2.56 bits per heavy atom. The van der Waals surface area contributed by atoms with Crippen LogP contribution in [0.5, 0.6) is 0 Å². The van der Waals surface area contributed by atoms with Crippen molar-refractivity contribution in [2.75, 3.05) is 31.2 Å². The number of hydrogen-bond acceptors (Lipinski definition) is 4. The molecule has 1 atom stereocenters. The highest BCUT2D eigenvalue weighted by Crippen LogP contribution is 2.20. The molecule has 1 aliphatic rings. The molecule has 3 rings (SSSR count). The van der Waals surface area contributed by atoms with Crippen molar-refractivity contribution in [2.24, 2.45) is 0 Å². The van der Waals surface area contributed by atoms with Crippen LogP contribution in [-0.4, -0.2) is 31.4 Å². The van der Waals surface area contributed by atoms with Gasteiger partial charge in [0, 0.05) is 36.9 Å². The van der Waals surface area contributed by atoms with E-state index in [9.17, 15) is 4.39 Å². The minimum atomic E-state index is -0.363. The Morgan fingerprint density at radius 1 is 1.16 bits per heavy atom. The van der Waals surface area contributed by atoms with E-state index < -0.39 is 0 Å². The summed E-state index contributed by atoms with van der Waals surface area (Å²) in [4.78, 5) is 2.33. The Morgan fingerprint density at radius 2 is 1.88 bits per heavy atom. The summed E-state index contributed by atoms with van der Waals surface area (Å²) in [6.45, 7) is 5.90. The summed E-state index contributed by atoms with van der Waals surface area (Å²) >= 11 is 0. The Balaban J connectivity index is 1.58. The molecule has 2 aromatic rings. The monoisotopic (exact) mass is 344 g/mol. The molecule has 2 N–H and O–H groups in total. The lowest BCUT2D eigenvalue weighted by Crippen LogP contribution is -2.36. The van der Waals surface area contributed by atoms with E-state index in [0.717, 1.165) is 31.9 Å². The predicted molar refractivity (Wildman–Crippen MR) is 97.1 cm³/mol. The molecule has 0 aliphatic carbocycles. The lowest BCUT2D eigenvalue weighted by atomic mass is 10.1. The molecule has 5 heteroatoms. The largest absolute Gasteiger partial charge is 0.392 e. The normalized spacial score (nSPS) is 16.0. The van der Waals surface area contributed by atoms with Crippen molar-refractivity contribution in [2.45, 2.75) is 26.1 Å². The number of morpholine rings is 1. The summed E-state index contributed by atoms with van der Waals surface area (Å²) in [5, 5.41) is 12.6. The molecule has 0 radical (unpaired) electrons. The molecular weight excluding hydrogens is 319 g/mol. The van der Waals surface area contributed by atoms with Gasteiger partial charge in [0.05, 0.1) is 19.8 Å². The Labute approximate surface area is 148 Å². The highest BCUT2D eigenvalue weighted by atomic mass is 19.1. The molecule has 134 valence electrons. The highest BCUT2D eigenvalue weighted by molar-refractivity contribution is 5.48. The first kappa shape index (κ1) is 17.9. The standard InChI is InChI=1S/C20H25FN2O2/c1-15(22-13-16-2-7-20(21)18(12-16)14-24)17-3-5-19(6-4-17)23-8-10-25-11-9-23/h2-7,12,15,22,24H,8-11,13-14H2,1H3. The molecule has 1 aliphatic heterocycles. The second-order valence-electron chi connectivity index (χ2n) is 6.38. The fourth-order valence-electron chi connectivity index (χ4n) is 3.04. The minimum absolute atomic E-state index is 0.182. The molecule has 1 fully saturated rings. The predicted octanol–water partition coefficient (Wildman–Crippen LogP) is 3.01. The van der Waals surface area contributed by atoms with Crippen molar-refractivity contribution >= 4 is 5.69 Å². The lowest BCUT2D eigenvalue weighted by molar-refractivity contribution is 0.122. The molecule has 0 spiro atoms. The summed E-state index contributed by atoms with van der Waals surface area (Å²) < 4.78 is 18.8. The summed E-state index contributed by atoms with van der Waals surface area (Å²) in [5.74, 6) is -0.363. The first-order valence-corrected chi connectivity index (χ1v) is 8.71. The zero-order chi connectivity index (χ0) is 17.6. The summed E-state index contributed by atoms with van der Waals surface area (Å²) in [5.41, 5.74) is 3.73. The topological polar surface area (TPSA) is 44.7 Å². The Kier molecular flexibility index (Phi) is 6.02. The molecular formula is C20H25FN2O2. The van der Waals surface area contributed by atoms with E-state index in [1.807, 2.05) is 0 Å². The zero-order valence-electron chi connectivity index (χ0n) is 14.5. The van der Waals surface area contributed by atoms with Gasteiger partial charge in [0.1, 0.15) is 5.82 Å². The van der Waals surface area contributed by atoms with Gasteiger partial charge >= 0.3 is 0 Å². The number of hydrogen-bond donors (Lipinski definition) is 2. The van der Waals surface area contributed by atoms with Gasteiger partial charge in [-0.2, -0.15) is 0 Å². The van der Waals surface area contributed by atoms with Gasteiger partial charge in [0.2, 0.25) is 0 Å². The van der Waals surface area contributed by atoms with E-state index in [1.165, 1.54) is 17.3 Å². The van der Waals surface area contributed by atoms with Crippen molar-refractivity contribution < 1.29 is 14.2 Å². The quantitative estimate of drug-likeness (QED) is 0.846. The van der Waals surface area contributed by atoms with Crippen molar-refractivity contribution in [3.63, 3.8) is 0 Å². The smallest absolute Gasteiger partial charge is 0.128 e. The molecule has 1 saturated heterocycles. The third-order valence-electron chi connectivity index (χ3n) is 4.66. The van der Waals surface area contributed by atoms with Crippen molar-refractivity contribution in [3.8, 4) is 0 Å². The number of ether oxygens (including phenoxy) is 1. The fraction of sp³-hybridized carbons (Fsp3) is 0.400. The number of aliphatic hydroxyl groups excluding tert-OH is 1. The van der Waals surface area contributed by atoms with Crippen LogP contribution in [0.4, 0.5) is 10.1 Å². The van der Waals surface area contributed by atoms with Gasteiger partial charge in [-0.3, -0.25) is 0 Å². The lowest BCUT2D eigenvalue weighted by Gasteiger charge is -2.29. The number of anilines is 1. The number of rotatable bonds is 6. The second-order valence-corrected chi connectivity index (χ2v) is 6.38. The molecule has 0 aromatic heterocycles. The van der Waals surface area contributed by atoms with Crippen LogP contribution in [0.15, 0.2) is 42.5 Å². The molecule has 1 unspecified atom stereocenters. The molecule has 1 heterocycles. The van der Waals surface area contributed by atoms with Gasteiger partial charge in [-0.15, -0.1) is 0 Å². The van der Waals surface area contributed by atoms with Gasteiger partial charge < -0.3 is 20.1 Å². The molecule has 0 bridgehead atoms. The Hall–Kier alpha value is -1.95. The first-order valence-electron chi connectivity index (χ1n) is 8.71. The maximum absolute atomic E-state index is 13.4. The maximum Gasteiger partial charge on any atom is 0.128 e. The third-order valence-corrected chi connectivity index (χ3v) is 4.66. The van der Waals surface area contributed by atoms with Crippen LogP contribution in [0.3, 0.4) is 0 Å². The first-order chi connectivity index (χ1) is 12.2. The minimum Gasteiger partial charge on any atom is -0.392 e. The number of nitrogens with zero attached hydrogens (tertiary/aromatic N) is 1. The van der Waals surface area contributed by atoms with Crippen LogP contribution in [0, 0.1) is 5.82 Å². The molecule has 25 heavy (non-hydrogen) atoms. The third kappa shape index (κ3) is 4.57. The van der Waals surface area contributed by atoms with Crippen LogP contribution in [0.2, 0.25) is 0 Å². The Bertz CT molecular complexity index is 685. The van der Waals surface area contributed by atoms with Crippen LogP contribution in [-0.2, 0) is 17.9 Å².